The lowest BCUT2D eigenvalue weighted by atomic mass is 10.7. The molecule has 60 valence electrons. The zero-order valence-corrected chi connectivity index (χ0v) is 6.82. The summed E-state index contributed by atoms with van der Waals surface area (Å²) in [5.74, 6) is -0.357. The number of hydrogen-bond donors (Lipinski definition) is 2. The smallest absolute Gasteiger partial charge is 0.321 e. The van der Waals surface area contributed by atoms with E-state index in [-0.39, 0.29) is 5.91 Å². The monoisotopic (exact) mass is 146 g/mol. The Morgan fingerprint density at radius 2 is 1.60 bits per heavy atom. The van der Waals surface area contributed by atoms with Crippen molar-refractivity contribution in [3.63, 3.8) is 0 Å². The van der Waals surface area contributed by atoms with Crippen LogP contribution >= 0.6 is 0 Å². The van der Waals surface area contributed by atoms with E-state index in [4.69, 9.17) is 0 Å². The molecule has 3 amide bonds. The average Bonchev–Trinajstić information content (AvgIpc) is 1.91. The normalized spacial score (nSPS) is 6.80. The van der Waals surface area contributed by atoms with E-state index in [0.29, 0.717) is 0 Å². The minimum absolute atomic E-state index is 0.357. The Kier molecular flexibility index (Phi) is 9.29. The Bertz CT molecular complexity index is 112. The van der Waals surface area contributed by atoms with Crippen molar-refractivity contribution >= 4 is 11.9 Å². The molecular formula is C6H14N2O2. The van der Waals surface area contributed by atoms with Crippen LogP contribution in [0.4, 0.5) is 4.79 Å². The van der Waals surface area contributed by atoms with Crippen molar-refractivity contribution in [3.8, 4) is 0 Å². The third-order valence-corrected chi connectivity index (χ3v) is 0.517. The molecule has 0 aromatic carbocycles. The standard InChI is InChI=1S/C4H8N2O2.C2H6/c1-3(7)6-4(8)5-2;1-2/h1-2H3,(H2,5,6,7,8);1-2H3. The molecule has 0 aromatic rings. The molecule has 0 aliphatic rings. The van der Waals surface area contributed by atoms with Gasteiger partial charge in [0.2, 0.25) is 5.91 Å². The molecular weight excluding hydrogens is 132 g/mol. The summed E-state index contributed by atoms with van der Waals surface area (Å²) in [6.45, 7) is 5.27. The molecule has 0 aromatic heterocycles. The number of carbonyl (C=O) groups excluding carboxylic acids is 2. The first kappa shape index (κ1) is 11.7. The van der Waals surface area contributed by atoms with Crippen LogP contribution in [0, 0.1) is 0 Å². The minimum Gasteiger partial charge on any atom is -0.341 e. The van der Waals surface area contributed by atoms with E-state index in [2.05, 4.69) is 5.32 Å². The second-order valence-electron chi connectivity index (χ2n) is 1.26. The number of hydrogen-bond acceptors (Lipinski definition) is 2. The Hall–Kier alpha value is -1.06. The molecule has 0 spiro atoms. The van der Waals surface area contributed by atoms with Gasteiger partial charge in [-0.25, -0.2) is 4.79 Å². The number of nitrogens with one attached hydrogen (secondary N) is 2. The third kappa shape index (κ3) is 10.0. The topological polar surface area (TPSA) is 58.2 Å². The van der Waals surface area contributed by atoms with Crippen molar-refractivity contribution in [1.29, 1.82) is 0 Å². The van der Waals surface area contributed by atoms with Crippen molar-refractivity contribution in [3.05, 3.63) is 0 Å². The van der Waals surface area contributed by atoms with Gasteiger partial charge >= 0.3 is 6.03 Å². The van der Waals surface area contributed by atoms with Crippen molar-refractivity contribution in [1.82, 2.24) is 10.6 Å². The van der Waals surface area contributed by atoms with Gasteiger partial charge in [-0.3, -0.25) is 10.1 Å². The molecule has 0 aliphatic heterocycles. The maximum Gasteiger partial charge on any atom is 0.321 e. The molecule has 0 rings (SSSR count). The first-order valence-electron chi connectivity index (χ1n) is 3.16. The molecule has 4 heteroatoms. The van der Waals surface area contributed by atoms with Crippen LogP contribution in [0.2, 0.25) is 0 Å². The molecule has 0 bridgehead atoms. The summed E-state index contributed by atoms with van der Waals surface area (Å²) in [5.41, 5.74) is 0. The van der Waals surface area contributed by atoms with E-state index in [1.165, 1.54) is 14.0 Å². The highest BCUT2D eigenvalue weighted by atomic mass is 16.2. The van der Waals surface area contributed by atoms with Crippen LogP contribution in [-0.4, -0.2) is 19.0 Å². The van der Waals surface area contributed by atoms with Crippen molar-refractivity contribution in [2.45, 2.75) is 20.8 Å². The zero-order chi connectivity index (χ0) is 8.57. The van der Waals surface area contributed by atoms with Gasteiger partial charge in [0.05, 0.1) is 0 Å². The fourth-order valence-corrected chi connectivity index (χ4v) is 0.222. The number of carbonyl (C=O) groups is 2. The van der Waals surface area contributed by atoms with Crippen LogP contribution in [-0.2, 0) is 4.79 Å². The number of imide groups is 1. The molecule has 10 heavy (non-hydrogen) atoms. The summed E-state index contributed by atoms with van der Waals surface area (Å²) < 4.78 is 0. The molecule has 0 heterocycles. The van der Waals surface area contributed by atoms with Gasteiger partial charge in [0.1, 0.15) is 0 Å². The van der Waals surface area contributed by atoms with Gasteiger partial charge < -0.3 is 5.32 Å². The fraction of sp³-hybridized carbons (Fsp3) is 0.667. The maximum atomic E-state index is 10.2. The number of amides is 3. The number of urea groups is 1. The van der Waals surface area contributed by atoms with E-state index in [0.717, 1.165) is 0 Å². The molecule has 0 atom stereocenters. The lowest BCUT2D eigenvalue weighted by Gasteiger charge is -1.95. The quantitative estimate of drug-likeness (QED) is 0.522. The Labute approximate surface area is 61.0 Å². The molecule has 0 radical (unpaired) electrons. The lowest BCUT2D eigenvalue weighted by molar-refractivity contribution is -0.117. The van der Waals surface area contributed by atoms with Gasteiger partial charge in [0.25, 0.3) is 0 Å². The Morgan fingerprint density at radius 1 is 1.20 bits per heavy atom. The molecule has 0 aliphatic carbocycles. The lowest BCUT2D eigenvalue weighted by Crippen LogP contribution is -2.35. The second kappa shape index (κ2) is 7.94. The van der Waals surface area contributed by atoms with E-state index in [1.54, 1.807) is 0 Å². The molecule has 2 N–H and O–H groups in total. The van der Waals surface area contributed by atoms with Crippen LogP contribution < -0.4 is 10.6 Å². The van der Waals surface area contributed by atoms with Crippen molar-refractivity contribution in [2.75, 3.05) is 7.05 Å². The Morgan fingerprint density at radius 3 is 1.70 bits per heavy atom. The zero-order valence-electron chi connectivity index (χ0n) is 6.82. The Balaban J connectivity index is 0. The highest BCUT2D eigenvalue weighted by Gasteiger charge is 1.95. The van der Waals surface area contributed by atoms with Gasteiger partial charge in [-0.05, 0) is 0 Å². The van der Waals surface area contributed by atoms with E-state index in [1.807, 2.05) is 19.2 Å². The van der Waals surface area contributed by atoms with E-state index in [9.17, 15) is 9.59 Å². The summed E-state index contributed by atoms with van der Waals surface area (Å²) in [4.78, 5) is 20.2. The van der Waals surface area contributed by atoms with Gasteiger partial charge in [-0.15, -0.1) is 0 Å². The summed E-state index contributed by atoms with van der Waals surface area (Å²) >= 11 is 0. The fourth-order valence-electron chi connectivity index (χ4n) is 0.222. The van der Waals surface area contributed by atoms with Crippen LogP contribution in [0.25, 0.3) is 0 Å². The molecule has 4 nitrogen and oxygen atoms in total. The highest BCUT2D eigenvalue weighted by molar-refractivity contribution is 5.92. The van der Waals surface area contributed by atoms with E-state index < -0.39 is 6.03 Å². The summed E-state index contributed by atoms with van der Waals surface area (Å²) in [6, 6.07) is -0.475. The summed E-state index contributed by atoms with van der Waals surface area (Å²) in [7, 11) is 1.44. The van der Waals surface area contributed by atoms with Crippen molar-refractivity contribution in [2.24, 2.45) is 0 Å². The maximum absolute atomic E-state index is 10.2. The second-order valence-corrected chi connectivity index (χ2v) is 1.26. The minimum atomic E-state index is -0.475. The molecule has 0 saturated heterocycles. The predicted octanol–water partition coefficient (Wildman–Crippen LogP) is 0.488. The van der Waals surface area contributed by atoms with Crippen LogP contribution in [0.15, 0.2) is 0 Å². The third-order valence-electron chi connectivity index (χ3n) is 0.517. The van der Waals surface area contributed by atoms with Gasteiger partial charge in [0.15, 0.2) is 0 Å². The van der Waals surface area contributed by atoms with Crippen LogP contribution in [0.5, 0.6) is 0 Å². The van der Waals surface area contributed by atoms with E-state index >= 15 is 0 Å². The van der Waals surface area contributed by atoms with Gasteiger partial charge in [-0.1, -0.05) is 13.8 Å². The average molecular weight is 146 g/mol. The summed E-state index contributed by atoms with van der Waals surface area (Å²) in [6.07, 6.45) is 0. The SMILES string of the molecule is CC.CNC(=O)NC(C)=O. The van der Waals surface area contributed by atoms with Crippen LogP contribution in [0.1, 0.15) is 20.8 Å². The van der Waals surface area contributed by atoms with Crippen molar-refractivity contribution < 1.29 is 9.59 Å². The first-order valence-corrected chi connectivity index (χ1v) is 3.16. The molecule has 0 fully saturated rings. The predicted molar refractivity (Wildman–Crippen MR) is 39.6 cm³/mol. The first-order chi connectivity index (χ1) is 4.66. The summed E-state index contributed by atoms with van der Waals surface area (Å²) in [5, 5.41) is 4.23. The van der Waals surface area contributed by atoms with Crippen LogP contribution in [0.3, 0.4) is 0 Å². The molecule has 0 unspecified atom stereocenters. The molecule has 0 saturated carbocycles. The largest absolute Gasteiger partial charge is 0.341 e. The van der Waals surface area contributed by atoms with Gasteiger partial charge in [-0.2, -0.15) is 0 Å². The van der Waals surface area contributed by atoms with Gasteiger partial charge in [0, 0.05) is 14.0 Å². The highest BCUT2D eigenvalue weighted by Crippen LogP contribution is 1.60. The number of rotatable bonds is 0.